The molecule has 0 unspecified atom stereocenters. The van der Waals surface area contributed by atoms with Crippen LogP contribution in [0.25, 0.3) is 0 Å². The third-order valence-corrected chi connectivity index (χ3v) is 4.26. The molecule has 0 aliphatic rings. The van der Waals surface area contributed by atoms with Gasteiger partial charge in [0.05, 0.1) is 0 Å². The van der Waals surface area contributed by atoms with Crippen molar-refractivity contribution in [3.63, 3.8) is 0 Å². The number of carbonyl (C=O) groups excluding carboxylic acids is 2. The molecule has 9 heteroatoms. The molecule has 2 aromatic heterocycles. The number of carbonyl (C=O) groups is 2. The van der Waals surface area contributed by atoms with Crippen molar-refractivity contribution in [3.05, 3.63) is 48.8 Å². The summed E-state index contributed by atoms with van der Waals surface area (Å²) in [5.74, 6) is -1.50. The summed E-state index contributed by atoms with van der Waals surface area (Å²) in [5.41, 5.74) is 4.88. The monoisotopic (exact) mass is 365 g/mol. The van der Waals surface area contributed by atoms with E-state index in [1.807, 2.05) is 23.8 Å². The quantitative estimate of drug-likeness (QED) is 0.530. The highest BCUT2D eigenvalue weighted by molar-refractivity contribution is 7.07. The van der Waals surface area contributed by atoms with Gasteiger partial charge in [0, 0.05) is 13.0 Å². The number of H-pyrrole nitrogens is 1. The van der Waals surface area contributed by atoms with Crippen molar-refractivity contribution in [1.29, 1.82) is 0 Å². The molecule has 134 valence electrons. The van der Waals surface area contributed by atoms with Crippen LogP contribution in [-0.4, -0.2) is 27.9 Å². The number of esters is 1. The number of nitrogen functional groups attached to an aromatic ring is 1. The molecule has 0 aromatic carbocycles. The average Bonchev–Trinajstić information content (AvgIpc) is 3.08. The lowest BCUT2D eigenvalue weighted by Crippen LogP contribution is -2.37. The fourth-order valence-corrected chi connectivity index (χ4v) is 2.98. The predicted octanol–water partition coefficient (Wildman–Crippen LogP) is 0.949. The Kier molecular flexibility index (Phi) is 6.29. The number of hydrogen-bond donors (Lipinski definition) is 2. The summed E-state index contributed by atoms with van der Waals surface area (Å²) in [6, 6.07) is 1.90. The number of Topliss-reactive ketones (excluding diaryl/α,β-unsaturated/α-hetero) is 1. The lowest BCUT2D eigenvalue weighted by atomic mass is 10.2. The number of ether oxygens (including phenoxy) is 1. The van der Waals surface area contributed by atoms with Crippen LogP contribution < -0.4 is 17.0 Å². The van der Waals surface area contributed by atoms with Crippen molar-refractivity contribution in [2.75, 3.05) is 12.3 Å². The van der Waals surface area contributed by atoms with Gasteiger partial charge in [-0.2, -0.15) is 11.3 Å². The first-order chi connectivity index (χ1) is 11.9. The van der Waals surface area contributed by atoms with E-state index in [1.54, 1.807) is 0 Å². The maximum Gasteiger partial charge on any atom is 0.329 e. The molecule has 3 N–H and O–H groups in total. The van der Waals surface area contributed by atoms with E-state index in [4.69, 9.17) is 10.5 Å². The fourth-order valence-electron chi connectivity index (χ4n) is 2.27. The number of rotatable bonds is 8. The van der Waals surface area contributed by atoms with Gasteiger partial charge in [-0.3, -0.25) is 23.9 Å². The first-order valence-electron chi connectivity index (χ1n) is 7.76. The van der Waals surface area contributed by atoms with Crippen molar-refractivity contribution < 1.29 is 14.3 Å². The smallest absolute Gasteiger partial charge is 0.329 e. The molecule has 0 fully saturated rings. The number of anilines is 1. The molecule has 0 aliphatic carbocycles. The van der Waals surface area contributed by atoms with Crippen molar-refractivity contribution in [2.45, 2.75) is 32.7 Å². The molecule has 0 spiro atoms. The van der Waals surface area contributed by atoms with Crippen LogP contribution in [0, 0.1) is 0 Å². The van der Waals surface area contributed by atoms with E-state index >= 15 is 0 Å². The molecule has 25 heavy (non-hydrogen) atoms. The second-order valence-electron chi connectivity index (χ2n) is 5.39. The standard InChI is InChI=1S/C16H19N3O5S/c1-2-6-19-14(17)13(15(22)18-16(19)23)11(20)8-24-12(21)4-3-10-5-7-25-9-10/h5,7,9H,2-4,6,8,17H2,1H3,(H,18,22,23). The number of nitrogens with two attached hydrogens (primary N) is 1. The first-order valence-corrected chi connectivity index (χ1v) is 8.70. The Balaban J connectivity index is 2.03. The second-order valence-corrected chi connectivity index (χ2v) is 6.17. The Labute approximate surface area is 147 Å². The zero-order chi connectivity index (χ0) is 18.4. The number of aromatic nitrogens is 2. The molecular weight excluding hydrogens is 346 g/mol. The lowest BCUT2D eigenvalue weighted by molar-refractivity contribution is -0.142. The highest BCUT2D eigenvalue weighted by Crippen LogP contribution is 2.10. The van der Waals surface area contributed by atoms with Crippen molar-refractivity contribution in [1.82, 2.24) is 9.55 Å². The van der Waals surface area contributed by atoms with Crippen molar-refractivity contribution >= 4 is 28.9 Å². The van der Waals surface area contributed by atoms with E-state index in [-0.39, 0.29) is 24.3 Å². The summed E-state index contributed by atoms with van der Waals surface area (Å²) in [4.78, 5) is 49.6. The van der Waals surface area contributed by atoms with Crippen LogP contribution in [0.3, 0.4) is 0 Å². The number of thiophene rings is 1. The lowest BCUT2D eigenvalue weighted by Gasteiger charge is -2.11. The molecule has 0 atom stereocenters. The van der Waals surface area contributed by atoms with Gasteiger partial charge >= 0.3 is 11.7 Å². The summed E-state index contributed by atoms with van der Waals surface area (Å²) in [6.07, 6.45) is 1.24. The van der Waals surface area contributed by atoms with Crippen LogP contribution in [0.2, 0.25) is 0 Å². The Bertz CT molecular complexity index is 867. The average molecular weight is 365 g/mol. The summed E-state index contributed by atoms with van der Waals surface area (Å²) in [5, 5.41) is 3.83. The molecule has 0 bridgehead atoms. The van der Waals surface area contributed by atoms with Crippen molar-refractivity contribution in [3.8, 4) is 0 Å². The maximum absolute atomic E-state index is 12.2. The Morgan fingerprint density at radius 1 is 1.36 bits per heavy atom. The molecule has 2 heterocycles. The van der Waals surface area contributed by atoms with Gasteiger partial charge in [0.1, 0.15) is 11.4 Å². The van der Waals surface area contributed by atoms with E-state index in [1.165, 1.54) is 11.3 Å². The van der Waals surface area contributed by atoms with Crippen LogP contribution in [0.15, 0.2) is 26.4 Å². The zero-order valence-corrected chi connectivity index (χ0v) is 14.6. The van der Waals surface area contributed by atoms with Crippen LogP contribution in [0.4, 0.5) is 5.82 Å². The number of hydrogen-bond acceptors (Lipinski definition) is 7. The summed E-state index contributed by atoms with van der Waals surface area (Å²) >= 11 is 1.53. The minimum absolute atomic E-state index is 0.130. The normalized spacial score (nSPS) is 10.6. The number of nitrogens with zero attached hydrogens (tertiary/aromatic N) is 1. The number of aromatic amines is 1. The van der Waals surface area contributed by atoms with Gasteiger partial charge in [0.15, 0.2) is 6.61 Å². The minimum atomic E-state index is -0.880. The van der Waals surface area contributed by atoms with Crippen molar-refractivity contribution in [2.24, 2.45) is 0 Å². The number of aryl methyl sites for hydroxylation is 1. The van der Waals surface area contributed by atoms with Gasteiger partial charge in [0.2, 0.25) is 5.78 Å². The third kappa shape index (κ3) is 4.66. The van der Waals surface area contributed by atoms with Gasteiger partial charge in [-0.15, -0.1) is 0 Å². The maximum atomic E-state index is 12.2. The molecule has 2 aromatic rings. The third-order valence-electron chi connectivity index (χ3n) is 3.53. The summed E-state index contributed by atoms with van der Waals surface area (Å²) in [7, 11) is 0. The van der Waals surface area contributed by atoms with Crippen LogP contribution >= 0.6 is 11.3 Å². The van der Waals surface area contributed by atoms with E-state index in [0.29, 0.717) is 12.8 Å². The number of nitrogens with one attached hydrogen (secondary N) is 1. The largest absolute Gasteiger partial charge is 0.457 e. The van der Waals surface area contributed by atoms with Gasteiger partial charge in [-0.1, -0.05) is 6.92 Å². The second kappa shape index (κ2) is 8.43. The topological polar surface area (TPSA) is 124 Å². The van der Waals surface area contributed by atoms with Crippen LogP contribution in [0.1, 0.15) is 35.7 Å². The van der Waals surface area contributed by atoms with E-state index in [2.05, 4.69) is 4.98 Å². The van der Waals surface area contributed by atoms with Crippen LogP contribution in [0.5, 0.6) is 0 Å². The SMILES string of the molecule is CCCn1c(N)c(C(=O)COC(=O)CCc2ccsc2)c(=O)[nH]c1=O. The minimum Gasteiger partial charge on any atom is -0.457 e. The van der Waals surface area contributed by atoms with Gasteiger partial charge < -0.3 is 10.5 Å². The molecule has 0 saturated carbocycles. The molecule has 0 aliphatic heterocycles. The van der Waals surface area contributed by atoms with E-state index in [9.17, 15) is 19.2 Å². The summed E-state index contributed by atoms with van der Waals surface area (Å²) in [6.45, 7) is 1.50. The molecule has 8 nitrogen and oxygen atoms in total. The molecular formula is C16H19N3O5S. The van der Waals surface area contributed by atoms with E-state index in [0.717, 1.165) is 10.1 Å². The summed E-state index contributed by atoms with van der Waals surface area (Å²) < 4.78 is 6.03. The molecule has 0 amide bonds. The fraction of sp³-hybridized carbons (Fsp3) is 0.375. The predicted molar refractivity (Wildman–Crippen MR) is 94.0 cm³/mol. The zero-order valence-electron chi connectivity index (χ0n) is 13.7. The molecule has 0 saturated heterocycles. The number of ketones is 1. The Morgan fingerprint density at radius 2 is 2.12 bits per heavy atom. The van der Waals surface area contributed by atoms with Gasteiger partial charge in [-0.05, 0) is 35.2 Å². The van der Waals surface area contributed by atoms with E-state index < -0.39 is 29.6 Å². The Hall–Kier alpha value is -2.68. The highest BCUT2D eigenvalue weighted by atomic mass is 32.1. The van der Waals surface area contributed by atoms with Gasteiger partial charge in [-0.25, -0.2) is 4.79 Å². The highest BCUT2D eigenvalue weighted by Gasteiger charge is 2.20. The Morgan fingerprint density at radius 3 is 2.76 bits per heavy atom. The molecule has 2 rings (SSSR count). The first kappa shape index (κ1) is 18.7. The van der Waals surface area contributed by atoms with Crippen LogP contribution in [-0.2, 0) is 22.5 Å². The molecule has 0 radical (unpaired) electrons. The van der Waals surface area contributed by atoms with Gasteiger partial charge in [0.25, 0.3) is 5.56 Å².